The highest BCUT2D eigenvalue weighted by molar-refractivity contribution is 5.77. The van der Waals surface area contributed by atoms with Crippen molar-refractivity contribution in [3.8, 4) is 11.5 Å². The lowest BCUT2D eigenvalue weighted by molar-refractivity contribution is -0.122. The minimum absolute atomic E-state index is 0.0356. The number of carbonyl (C=O) groups is 1. The van der Waals surface area contributed by atoms with E-state index in [4.69, 9.17) is 9.47 Å². The fraction of sp³-hybridized carbons (Fsp3) is 0.579. The van der Waals surface area contributed by atoms with Crippen molar-refractivity contribution in [1.82, 2.24) is 5.43 Å². The summed E-state index contributed by atoms with van der Waals surface area (Å²) in [6.07, 6.45) is 9.44. The van der Waals surface area contributed by atoms with Crippen molar-refractivity contribution in [3.05, 3.63) is 23.8 Å². The average Bonchev–Trinajstić information content (AvgIpc) is 3.03. The summed E-state index contributed by atoms with van der Waals surface area (Å²) in [7, 11) is 0. The van der Waals surface area contributed by atoms with Gasteiger partial charge < -0.3 is 9.47 Å². The molecule has 0 spiro atoms. The van der Waals surface area contributed by atoms with Crippen LogP contribution in [0, 0.1) is 11.8 Å². The Morgan fingerprint density at radius 2 is 2.08 bits per heavy atom. The Hall–Kier alpha value is -2.04. The second-order valence-corrected chi connectivity index (χ2v) is 6.89. The van der Waals surface area contributed by atoms with Crippen LogP contribution in [0.1, 0.15) is 51.0 Å². The lowest BCUT2D eigenvalue weighted by atomic mass is 9.87. The smallest absolute Gasteiger partial charge is 0.240 e. The maximum atomic E-state index is 11.9. The molecule has 1 aliphatic carbocycles. The molecule has 0 radical (unpaired) electrons. The Labute approximate surface area is 143 Å². The van der Waals surface area contributed by atoms with E-state index in [0.29, 0.717) is 19.1 Å². The Morgan fingerprint density at radius 3 is 2.92 bits per heavy atom. The van der Waals surface area contributed by atoms with Crippen molar-refractivity contribution in [1.29, 1.82) is 0 Å². The zero-order valence-electron chi connectivity index (χ0n) is 14.3. The summed E-state index contributed by atoms with van der Waals surface area (Å²) in [6, 6.07) is 5.99. The van der Waals surface area contributed by atoms with E-state index in [9.17, 15) is 4.79 Å². The number of carbonyl (C=O) groups excluding carboxylic acids is 1. The molecule has 1 aliphatic heterocycles. The molecular formula is C19H26N2O3. The van der Waals surface area contributed by atoms with Gasteiger partial charge in [0.25, 0.3) is 0 Å². The van der Waals surface area contributed by atoms with Crippen LogP contribution >= 0.6 is 0 Å². The summed E-state index contributed by atoms with van der Waals surface area (Å²) in [5.74, 6) is 2.42. The molecule has 1 amide bonds. The van der Waals surface area contributed by atoms with Crippen molar-refractivity contribution in [2.45, 2.75) is 51.9 Å². The number of nitrogens with one attached hydrogen (secondary N) is 1. The van der Waals surface area contributed by atoms with Crippen LogP contribution in [-0.4, -0.2) is 18.9 Å². The Bertz CT molecular complexity index is 594. The van der Waals surface area contributed by atoms with E-state index in [1.54, 1.807) is 0 Å². The van der Waals surface area contributed by atoms with Gasteiger partial charge >= 0.3 is 0 Å². The Balaban J connectivity index is 1.41. The molecule has 0 saturated heterocycles. The highest BCUT2D eigenvalue weighted by Crippen LogP contribution is 2.33. The highest BCUT2D eigenvalue weighted by atomic mass is 16.7. The maximum absolute atomic E-state index is 11.9. The van der Waals surface area contributed by atoms with Crippen LogP contribution in [-0.2, 0) is 11.2 Å². The number of nitrogens with zero attached hydrogens (tertiary/aromatic N) is 1. The van der Waals surface area contributed by atoms with Crippen molar-refractivity contribution in [2.24, 2.45) is 16.9 Å². The third-order valence-corrected chi connectivity index (χ3v) is 4.71. The number of hydrogen-bond donors (Lipinski definition) is 1. The number of amides is 1. The molecular weight excluding hydrogens is 304 g/mol. The largest absolute Gasteiger partial charge is 0.454 e. The van der Waals surface area contributed by atoms with Crippen LogP contribution in [0.15, 0.2) is 23.3 Å². The topological polar surface area (TPSA) is 59.9 Å². The monoisotopic (exact) mass is 330 g/mol. The SMILES string of the molecule is CC(C=NNC(=O)CC1CCCCC1)Cc1ccc2c(c1)OCO2. The van der Waals surface area contributed by atoms with Gasteiger partial charge in [-0.15, -0.1) is 0 Å². The van der Waals surface area contributed by atoms with Crippen LogP contribution in [0.4, 0.5) is 0 Å². The predicted molar refractivity (Wildman–Crippen MR) is 93.3 cm³/mol. The van der Waals surface area contributed by atoms with Crippen molar-refractivity contribution in [3.63, 3.8) is 0 Å². The van der Waals surface area contributed by atoms with E-state index >= 15 is 0 Å². The second kappa shape index (κ2) is 8.18. The highest BCUT2D eigenvalue weighted by Gasteiger charge is 2.17. The standard InChI is InChI=1S/C19H26N2O3/c1-14(9-16-7-8-17-18(10-16)24-13-23-17)12-20-21-19(22)11-15-5-3-2-4-6-15/h7-8,10,12,14-15H,2-6,9,11,13H2,1H3,(H,21,22). The average molecular weight is 330 g/mol. The molecule has 0 aromatic heterocycles. The molecule has 5 heteroatoms. The van der Waals surface area contributed by atoms with E-state index in [2.05, 4.69) is 17.5 Å². The molecule has 1 atom stereocenters. The Kier molecular flexibility index (Phi) is 5.72. The normalized spacial score (nSPS) is 18.7. The predicted octanol–water partition coefficient (Wildman–Crippen LogP) is 3.67. The molecule has 3 rings (SSSR count). The molecule has 5 nitrogen and oxygen atoms in total. The molecule has 24 heavy (non-hydrogen) atoms. The first-order chi connectivity index (χ1) is 11.7. The molecule has 130 valence electrons. The van der Waals surface area contributed by atoms with Crippen LogP contribution < -0.4 is 14.9 Å². The van der Waals surface area contributed by atoms with Gasteiger partial charge in [0.15, 0.2) is 11.5 Å². The minimum atomic E-state index is 0.0356. The van der Waals surface area contributed by atoms with Gasteiger partial charge in [-0.2, -0.15) is 5.10 Å². The van der Waals surface area contributed by atoms with E-state index in [0.717, 1.165) is 17.9 Å². The second-order valence-electron chi connectivity index (χ2n) is 6.89. The molecule has 1 heterocycles. The summed E-state index contributed by atoms with van der Waals surface area (Å²) in [6.45, 7) is 2.38. The first-order valence-electron chi connectivity index (χ1n) is 8.91. The van der Waals surface area contributed by atoms with Crippen molar-refractivity contribution in [2.75, 3.05) is 6.79 Å². The quantitative estimate of drug-likeness (QED) is 0.639. The number of hydrogen-bond acceptors (Lipinski definition) is 4. The van der Waals surface area contributed by atoms with Crippen LogP contribution in [0.3, 0.4) is 0 Å². The van der Waals surface area contributed by atoms with Crippen LogP contribution in [0.2, 0.25) is 0 Å². The van der Waals surface area contributed by atoms with E-state index in [-0.39, 0.29) is 11.8 Å². The van der Waals surface area contributed by atoms with Gasteiger partial charge in [0.05, 0.1) is 0 Å². The summed E-state index contributed by atoms with van der Waals surface area (Å²) >= 11 is 0. The third-order valence-electron chi connectivity index (χ3n) is 4.71. The molecule has 1 aromatic carbocycles. The first-order valence-corrected chi connectivity index (χ1v) is 8.91. The molecule has 1 aromatic rings. The summed E-state index contributed by atoms with van der Waals surface area (Å²) < 4.78 is 10.7. The van der Waals surface area contributed by atoms with Gasteiger partial charge in [-0.05, 0) is 48.8 Å². The molecule has 1 N–H and O–H groups in total. The first kappa shape index (κ1) is 16.8. The Morgan fingerprint density at radius 1 is 1.29 bits per heavy atom. The van der Waals surface area contributed by atoms with Crippen LogP contribution in [0.25, 0.3) is 0 Å². The number of ether oxygens (including phenoxy) is 2. The fourth-order valence-corrected chi connectivity index (χ4v) is 3.43. The number of hydrazone groups is 1. The zero-order valence-corrected chi connectivity index (χ0v) is 14.3. The van der Waals surface area contributed by atoms with Gasteiger partial charge in [0.1, 0.15) is 0 Å². The van der Waals surface area contributed by atoms with Crippen molar-refractivity contribution < 1.29 is 14.3 Å². The molecule has 2 aliphatic rings. The maximum Gasteiger partial charge on any atom is 0.240 e. The van der Waals surface area contributed by atoms with Gasteiger partial charge in [-0.3, -0.25) is 4.79 Å². The molecule has 1 unspecified atom stereocenters. The van der Waals surface area contributed by atoms with E-state index in [1.165, 1.54) is 37.7 Å². The lowest BCUT2D eigenvalue weighted by Gasteiger charge is -2.20. The molecule has 1 saturated carbocycles. The summed E-state index contributed by atoms with van der Waals surface area (Å²) in [4.78, 5) is 11.9. The van der Waals surface area contributed by atoms with Gasteiger partial charge in [0.2, 0.25) is 12.7 Å². The fourth-order valence-electron chi connectivity index (χ4n) is 3.43. The van der Waals surface area contributed by atoms with Gasteiger partial charge in [-0.1, -0.05) is 32.3 Å². The van der Waals surface area contributed by atoms with Crippen molar-refractivity contribution >= 4 is 12.1 Å². The molecule has 0 bridgehead atoms. The lowest BCUT2D eigenvalue weighted by Crippen LogP contribution is -2.22. The van der Waals surface area contributed by atoms with Gasteiger partial charge in [-0.25, -0.2) is 5.43 Å². The summed E-state index contributed by atoms with van der Waals surface area (Å²) in [5, 5.41) is 4.12. The minimum Gasteiger partial charge on any atom is -0.454 e. The number of fused-ring (bicyclic) bond motifs is 1. The zero-order chi connectivity index (χ0) is 16.8. The number of rotatable bonds is 6. The van der Waals surface area contributed by atoms with E-state index in [1.807, 2.05) is 24.4 Å². The van der Waals surface area contributed by atoms with Gasteiger partial charge in [0, 0.05) is 12.6 Å². The van der Waals surface area contributed by atoms with Crippen LogP contribution in [0.5, 0.6) is 11.5 Å². The summed E-state index contributed by atoms with van der Waals surface area (Å²) in [5.41, 5.74) is 3.85. The van der Waals surface area contributed by atoms with E-state index < -0.39 is 0 Å². The third kappa shape index (κ3) is 4.73. The molecule has 1 fully saturated rings. The number of benzene rings is 1.